The van der Waals surface area contributed by atoms with Crippen LogP contribution in [0.5, 0.6) is 5.88 Å². The van der Waals surface area contributed by atoms with Crippen molar-refractivity contribution in [1.82, 2.24) is 14.4 Å². The second-order valence-electron chi connectivity index (χ2n) is 7.27. The molecular formula is C24H16F3N3O2. The van der Waals surface area contributed by atoms with E-state index in [9.17, 15) is 18.3 Å². The van der Waals surface area contributed by atoms with Crippen LogP contribution >= 0.6 is 0 Å². The van der Waals surface area contributed by atoms with E-state index in [2.05, 4.69) is 9.97 Å². The molecule has 160 valence electrons. The topological polar surface area (TPSA) is 63.6 Å². The SMILES string of the molecule is Oc1c(Cc2ccco2)nc2c(Cc3ccccc3F)nc(-c3cccc(F)c3F)cn12. The number of fused-ring (bicyclic) bond motifs is 1. The summed E-state index contributed by atoms with van der Waals surface area (Å²) in [5.41, 5.74) is 1.26. The Labute approximate surface area is 180 Å². The van der Waals surface area contributed by atoms with Crippen molar-refractivity contribution in [3.05, 3.63) is 107 Å². The lowest BCUT2D eigenvalue weighted by Crippen LogP contribution is -2.03. The minimum atomic E-state index is -1.06. The van der Waals surface area contributed by atoms with Crippen LogP contribution in [-0.2, 0) is 12.8 Å². The molecule has 2 aromatic carbocycles. The Hall–Kier alpha value is -4.07. The molecule has 0 bridgehead atoms. The maximum Gasteiger partial charge on any atom is 0.219 e. The minimum Gasteiger partial charge on any atom is -0.493 e. The molecule has 5 nitrogen and oxygen atoms in total. The maximum absolute atomic E-state index is 14.5. The summed E-state index contributed by atoms with van der Waals surface area (Å²) in [5, 5.41) is 10.8. The summed E-state index contributed by atoms with van der Waals surface area (Å²) in [6.07, 6.45) is 3.14. The Morgan fingerprint density at radius 3 is 2.44 bits per heavy atom. The van der Waals surface area contributed by atoms with Crippen molar-refractivity contribution in [2.45, 2.75) is 12.8 Å². The zero-order chi connectivity index (χ0) is 22.2. The Morgan fingerprint density at radius 1 is 0.844 bits per heavy atom. The molecule has 5 aromatic rings. The van der Waals surface area contributed by atoms with E-state index >= 15 is 0 Å². The van der Waals surface area contributed by atoms with Crippen molar-refractivity contribution in [3.8, 4) is 17.1 Å². The van der Waals surface area contributed by atoms with Crippen LogP contribution in [0.25, 0.3) is 16.9 Å². The second kappa shape index (κ2) is 7.88. The number of benzene rings is 2. The van der Waals surface area contributed by atoms with E-state index in [4.69, 9.17) is 4.42 Å². The first-order valence-electron chi connectivity index (χ1n) is 9.81. The van der Waals surface area contributed by atoms with Gasteiger partial charge in [-0.1, -0.05) is 24.3 Å². The van der Waals surface area contributed by atoms with Crippen molar-refractivity contribution in [1.29, 1.82) is 0 Å². The van der Waals surface area contributed by atoms with Crippen molar-refractivity contribution >= 4 is 5.65 Å². The van der Waals surface area contributed by atoms with Crippen molar-refractivity contribution in [2.75, 3.05) is 0 Å². The van der Waals surface area contributed by atoms with Gasteiger partial charge < -0.3 is 9.52 Å². The first-order valence-corrected chi connectivity index (χ1v) is 9.81. The minimum absolute atomic E-state index is 0.0393. The van der Waals surface area contributed by atoms with Gasteiger partial charge in [0.05, 0.1) is 24.1 Å². The molecule has 0 spiro atoms. The number of imidazole rings is 1. The fraction of sp³-hybridized carbons (Fsp3) is 0.0833. The number of halogens is 3. The van der Waals surface area contributed by atoms with Gasteiger partial charge in [-0.05, 0) is 35.9 Å². The third-order valence-electron chi connectivity index (χ3n) is 5.19. The number of hydrogen-bond acceptors (Lipinski definition) is 4. The lowest BCUT2D eigenvalue weighted by atomic mass is 10.1. The number of aromatic hydroxyl groups is 1. The molecule has 0 amide bonds. The number of aromatic nitrogens is 3. The van der Waals surface area contributed by atoms with Gasteiger partial charge in [0.15, 0.2) is 17.3 Å². The standard InChI is InChI=1S/C24H16F3N3O2/c25-17-8-2-1-5-14(17)11-19-23-29-20(12-15-6-4-10-32-15)24(31)30(23)13-21(28-19)16-7-3-9-18(26)22(16)27/h1-10,13,31H,11-12H2. The third-order valence-corrected chi connectivity index (χ3v) is 5.19. The van der Waals surface area contributed by atoms with Crippen LogP contribution in [0.2, 0.25) is 0 Å². The molecular weight excluding hydrogens is 419 g/mol. The number of nitrogens with zero attached hydrogens (tertiary/aromatic N) is 3. The van der Waals surface area contributed by atoms with Gasteiger partial charge in [-0.2, -0.15) is 0 Å². The van der Waals surface area contributed by atoms with Gasteiger partial charge in [-0.15, -0.1) is 0 Å². The van der Waals surface area contributed by atoms with Crippen molar-refractivity contribution < 1.29 is 22.7 Å². The molecule has 0 fully saturated rings. The van der Waals surface area contributed by atoms with E-state index in [1.807, 2.05) is 0 Å². The van der Waals surface area contributed by atoms with Gasteiger partial charge in [0.25, 0.3) is 0 Å². The van der Waals surface area contributed by atoms with E-state index in [0.717, 1.165) is 6.07 Å². The van der Waals surface area contributed by atoms with Crippen molar-refractivity contribution in [2.24, 2.45) is 0 Å². The van der Waals surface area contributed by atoms with E-state index in [-0.39, 0.29) is 35.6 Å². The third kappa shape index (κ3) is 3.49. The molecule has 1 N–H and O–H groups in total. The molecule has 0 atom stereocenters. The quantitative estimate of drug-likeness (QED) is 0.407. The van der Waals surface area contributed by atoms with Crippen LogP contribution in [0.15, 0.2) is 71.5 Å². The highest BCUT2D eigenvalue weighted by molar-refractivity contribution is 5.64. The lowest BCUT2D eigenvalue weighted by Gasteiger charge is -2.10. The summed E-state index contributed by atoms with van der Waals surface area (Å²) in [6, 6.07) is 13.4. The summed E-state index contributed by atoms with van der Waals surface area (Å²) >= 11 is 0. The maximum atomic E-state index is 14.5. The normalized spacial score (nSPS) is 11.3. The van der Waals surface area contributed by atoms with Crippen LogP contribution in [0, 0.1) is 17.5 Å². The summed E-state index contributed by atoms with van der Waals surface area (Å²) in [7, 11) is 0. The van der Waals surface area contributed by atoms with E-state index in [0.29, 0.717) is 22.7 Å². The predicted octanol–water partition coefficient (Wildman–Crippen LogP) is 5.29. The second-order valence-corrected chi connectivity index (χ2v) is 7.27. The monoisotopic (exact) mass is 435 g/mol. The molecule has 0 saturated carbocycles. The fourth-order valence-corrected chi connectivity index (χ4v) is 3.61. The molecule has 8 heteroatoms. The fourth-order valence-electron chi connectivity index (χ4n) is 3.61. The van der Waals surface area contributed by atoms with Gasteiger partial charge in [-0.3, -0.25) is 4.40 Å². The molecule has 0 saturated heterocycles. The van der Waals surface area contributed by atoms with Crippen molar-refractivity contribution in [3.63, 3.8) is 0 Å². The van der Waals surface area contributed by atoms with Gasteiger partial charge in [0.1, 0.15) is 17.3 Å². The van der Waals surface area contributed by atoms with Crippen LogP contribution in [-0.4, -0.2) is 19.5 Å². The molecule has 0 aliphatic carbocycles. The van der Waals surface area contributed by atoms with Crippen LogP contribution in [0.4, 0.5) is 13.2 Å². The zero-order valence-corrected chi connectivity index (χ0v) is 16.6. The molecule has 3 heterocycles. The predicted molar refractivity (Wildman–Crippen MR) is 111 cm³/mol. The number of rotatable bonds is 5. The largest absolute Gasteiger partial charge is 0.493 e. The highest BCUT2D eigenvalue weighted by Crippen LogP contribution is 2.30. The van der Waals surface area contributed by atoms with Crippen LogP contribution < -0.4 is 0 Å². The highest BCUT2D eigenvalue weighted by Gasteiger charge is 2.21. The molecule has 0 unspecified atom stereocenters. The summed E-state index contributed by atoms with van der Waals surface area (Å²) in [5.74, 6) is -2.11. The Bertz CT molecular complexity index is 1430. The average Bonchev–Trinajstić information content (AvgIpc) is 3.41. The van der Waals surface area contributed by atoms with Crippen LogP contribution in [0.1, 0.15) is 22.7 Å². The van der Waals surface area contributed by atoms with Gasteiger partial charge in [0, 0.05) is 18.2 Å². The molecule has 0 aliphatic heterocycles. The average molecular weight is 435 g/mol. The lowest BCUT2D eigenvalue weighted by molar-refractivity contribution is 0.438. The van der Waals surface area contributed by atoms with E-state index in [1.54, 1.807) is 30.3 Å². The smallest absolute Gasteiger partial charge is 0.219 e. The Kier molecular flexibility index (Phi) is 4.89. The Morgan fingerprint density at radius 2 is 1.66 bits per heavy atom. The molecule has 0 radical (unpaired) electrons. The zero-order valence-electron chi connectivity index (χ0n) is 16.6. The Balaban J connectivity index is 1.71. The first kappa shape index (κ1) is 19.9. The molecule has 0 aliphatic rings. The van der Waals surface area contributed by atoms with Crippen LogP contribution in [0.3, 0.4) is 0 Å². The van der Waals surface area contributed by atoms with E-state index in [1.165, 1.54) is 35.1 Å². The van der Waals surface area contributed by atoms with Gasteiger partial charge >= 0.3 is 0 Å². The summed E-state index contributed by atoms with van der Waals surface area (Å²) in [4.78, 5) is 8.96. The van der Waals surface area contributed by atoms with Gasteiger partial charge in [0.2, 0.25) is 5.88 Å². The number of hydrogen-bond donors (Lipinski definition) is 1. The molecule has 32 heavy (non-hydrogen) atoms. The van der Waals surface area contributed by atoms with Gasteiger partial charge in [-0.25, -0.2) is 23.1 Å². The van der Waals surface area contributed by atoms with E-state index < -0.39 is 17.5 Å². The highest BCUT2D eigenvalue weighted by atomic mass is 19.2. The first-order chi connectivity index (χ1) is 15.5. The molecule has 3 aromatic heterocycles. The molecule has 5 rings (SSSR count). The summed E-state index contributed by atoms with van der Waals surface area (Å²) < 4.78 is 49.3. The number of furan rings is 1. The summed E-state index contributed by atoms with van der Waals surface area (Å²) in [6.45, 7) is 0.